The maximum absolute atomic E-state index is 12.5. The van der Waals surface area contributed by atoms with Gasteiger partial charge in [-0.3, -0.25) is 4.79 Å². The zero-order chi connectivity index (χ0) is 19.2. The van der Waals surface area contributed by atoms with E-state index in [-0.39, 0.29) is 11.6 Å². The molecule has 2 N–H and O–H groups in total. The van der Waals surface area contributed by atoms with Crippen molar-refractivity contribution in [1.29, 1.82) is 0 Å². The van der Waals surface area contributed by atoms with Crippen molar-refractivity contribution >= 4 is 29.1 Å². The van der Waals surface area contributed by atoms with Crippen LogP contribution in [0, 0.1) is 6.92 Å². The highest BCUT2D eigenvalue weighted by molar-refractivity contribution is 6.31. The number of halogens is 1. The van der Waals surface area contributed by atoms with Crippen LogP contribution in [0.1, 0.15) is 21.7 Å². The van der Waals surface area contributed by atoms with Gasteiger partial charge in [0.2, 0.25) is 5.95 Å². The van der Waals surface area contributed by atoms with Crippen molar-refractivity contribution in [1.82, 2.24) is 15.3 Å². The molecule has 138 valence electrons. The Morgan fingerprint density at radius 3 is 2.56 bits per heavy atom. The Kier molecular flexibility index (Phi) is 5.88. The molecule has 0 radical (unpaired) electrons. The number of ether oxygens (including phenoxy) is 1. The summed E-state index contributed by atoms with van der Waals surface area (Å²) >= 11 is 6.12. The van der Waals surface area contributed by atoms with Gasteiger partial charge in [0.05, 0.1) is 7.11 Å². The molecule has 0 saturated heterocycles. The zero-order valence-electron chi connectivity index (χ0n) is 15.0. The molecule has 2 aromatic carbocycles. The van der Waals surface area contributed by atoms with Crippen molar-refractivity contribution in [3.05, 3.63) is 76.6 Å². The zero-order valence-corrected chi connectivity index (χ0v) is 15.7. The number of nitrogens with one attached hydrogen (secondary N) is 2. The fourth-order valence-corrected chi connectivity index (χ4v) is 2.65. The van der Waals surface area contributed by atoms with Crippen LogP contribution in [0.4, 0.5) is 11.6 Å². The van der Waals surface area contributed by atoms with E-state index in [1.807, 2.05) is 49.4 Å². The highest BCUT2D eigenvalue weighted by Gasteiger charge is 2.11. The lowest BCUT2D eigenvalue weighted by Crippen LogP contribution is -2.24. The predicted octanol–water partition coefficient (Wildman–Crippen LogP) is 4.12. The lowest BCUT2D eigenvalue weighted by Gasteiger charge is -2.10. The second kappa shape index (κ2) is 8.51. The molecule has 0 atom stereocenters. The number of anilines is 2. The number of hydrogen-bond donors (Lipinski definition) is 2. The van der Waals surface area contributed by atoms with Crippen LogP contribution in [-0.2, 0) is 6.54 Å². The summed E-state index contributed by atoms with van der Waals surface area (Å²) in [7, 11) is 1.61. The Morgan fingerprint density at radius 1 is 1.11 bits per heavy atom. The molecule has 1 aromatic heterocycles. The minimum Gasteiger partial charge on any atom is -0.497 e. The largest absolute Gasteiger partial charge is 0.497 e. The van der Waals surface area contributed by atoms with E-state index in [2.05, 4.69) is 20.6 Å². The normalized spacial score (nSPS) is 10.3. The van der Waals surface area contributed by atoms with Gasteiger partial charge < -0.3 is 15.4 Å². The van der Waals surface area contributed by atoms with Crippen molar-refractivity contribution in [2.75, 3.05) is 12.4 Å². The first-order valence-corrected chi connectivity index (χ1v) is 8.71. The van der Waals surface area contributed by atoms with Crippen molar-refractivity contribution in [2.45, 2.75) is 13.5 Å². The minimum absolute atomic E-state index is 0.283. The van der Waals surface area contributed by atoms with Crippen LogP contribution in [0.15, 0.2) is 54.6 Å². The number of carbonyl (C=O) groups excluding carboxylic acids is 1. The second-order valence-corrected chi connectivity index (χ2v) is 6.25. The van der Waals surface area contributed by atoms with Crippen LogP contribution in [0.5, 0.6) is 5.75 Å². The van der Waals surface area contributed by atoms with Crippen LogP contribution in [0.25, 0.3) is 0 Å². The van der Waals surface area contributed by atoms with Crippen molar-refractivity contribution < 1.29 is 9.53 Å². The number of aromatic nitrogens is 2. The summed E-state index contributed by atoms with van der Waals surface area (Å²) in [4.78, 5) is 21.1. The molecule has 0 bridgehead atoms. The van der Waals surface area contributed by atoms with Gasteiger partial charge in [-0.05, 0) is 48.9 Å². The Bertz CT molecular complexity index is 945. The minimum atomic E-state index is -0.293. The van der Waals surface area contributed by atoms with Crippen LogP contribution in [0.2, 0.25) is 5.02 Å². The van der Waals surface area contributed by atoms with Crippen LogP contribution in [0.3, 0.4) is 0 Å². The van der Waals surface area contributed by atoms with Crippen molar-refractivity contribution in [3.8, 4) is 5.75 Å². The molecule has 0 unspecified atom stereocenters. The summed E-state index contributed by atoms with van der Waals surface area (Å²) in [6.45, 7) is 2.13. The van der Waals surface area contributed by atoms with Crippen molar-refractivity contribution in [2.24, 2.45) is 0 Å². The second-order valence-electron chi connectivity index (χ2n) is 5.85. The molecule has 0 aliphatic carbocycles. The molecule has 0 saturated carbocycles. The number of amides is 1. The number of nitrogens with zero attached hydrogens (tertiary/aromatic N) is 2. The lowest BCUT2D eigenvalue weighted by molar-refractivity contribution is 0.0946. The average molecular weight is 383 g/mol. The molecule has 3 aromatic rings. The van der Waals surface area contributed by atoms with Gasteiger partial charge in [0.1, 0.15) is 11.4 Å². The van der Waals surface area contributed by atoms with Gasteiger partial charge in [-0.2, -0.15) is 0 Å². The standard InChI is InChI=1S/C20H19ClN4O2/c1-13-11-18(19(26)22-12-14-5-3-4-6-17(14)21)25-20(23-13)24-15-7-9-16(27-2)10-8-15/h3-11H,12H2,1-2H3,(H,22,26)(H,23,24,25). The summed E-state index contributed by atoms with van der Waals surface area (Å²) in [5.74, 6) is 0.812. The van der Waals surface area contributed by atoms with Gasteiger partial charge in [0.25, 0.3) is 5.91 Å². The first-order chi connectivity index (χ1) is 13.0. The third kappa shape index (κ3) is 4.95. The molecule has 3 rings (SSSR count). The predicted molar refractivity (Wildman–Crippen MR) is 106 cm³/mol. The molecule has 0 fully saturated rings. The average Bonchev–Trinajstić information content (AvgIpc) is 2.67. The molecule has 0 aliphatic rings. The van der Waals surface area contributed by atoms with Gasteiger partial charge in [-0.1, -0.05) is 29.8 Å². The summed E-state index contributed by atoms with van der Waals surface area (Å²) in [5.41, 5.74) is 2.60. The number of aryl methyl sites for hydroxylation is 1. The lowest BCUT2D eigenvalue weighted by atomic mass is 10.2. The maximum atomic E-state index is 12.5. The van der Waals surface area contributed by atoms with E-state index in [4.69, 9.17) is 16.3 Å². The molecule has 6 nitrogen and oxygen atoms in total. The van der Waals surface area contributed by atoms with Crippen LogP contribution in [-0.4, -0.2) is 23.0 Å². The van der Waals surface area contributed by atoms with Gasteiger partial charge in [0.15, 0.2) is 0 Å². The topological polar surface area (TPSA) is 76.1 Å². The highest BCUT2D eigenvalue weighted by atomic mass is 35.5. The van der Waals surface area contributed by atoms with Crippen LogP contribution < -0.4 is 15.4 Å². The quantitative estimate of drug-likeness (QED) is 0.670. The van der Waals surface area contributed by atoms with E-state index < -0.39 is 0 Å². The molecule has 0 aliphatic heterocycles. The fraction of sp³-hybridized carbons (Fsp3) is 0.150. The van der Waals surface area contributed by atoms with E-state index >= 15 is 0 Å². The molecule has 27 heavy (non-hydrogen) atoms. The van der Waals surface area contributed by atoms with Gasteiger partial charge in [-0.15, -0.1) is 0 Å². The highest BCUT2D eigenvalue weighted by Crippen LogP contribution is 2.18. The maximum Gasteiger partial charge on any atom is 0.270 e. The summed E-state index contributed by atoms with van der Waals surface area (Å²) in [5, 5.41) is 6.54. The smallest absolute Gasteiger partial charge is 0.270 e. The molecule has 7 heteroatoms. The first kappa shape index (κ1) is 18.7. The van der Waals surface area contributed by atoms with Crippen molar-refractivity contribution in [3.63, 3.8) is 0 Å². The van der Waals surface area contributed by atoms with Gasteiger partial charge in [0, 0.05) is 22.9 Å². The Morgan fingerprint density at radius 2 is 1.85 bits per heavy atom. The van der Waals surface area contributed by atoms with Gasteiger partial charge >= 0.3 is 0 Å². The Labute approximate surface area is 162 Å². The molecule has 0 spiro atoms. The molecular weight excluding hydrogens is 364 g/mol. The number of benzene rings is 2. The third-order valence-corrected chi connectivity index (χ3v) is 4.20. The van der Waals surface area contributed by atoms with E-state index in [0.29, 0.717) is 23.2 Å². The van der Waals surface area contributed by atoms with Crippen LogP contribution >= 0.6 is 11.6 Å². The van der Waals surface area contributed by atoms with Gasteiger partial charge in [-0.25, -0.2) is 9.97 Å². The first-order valence-electron chi connectivity index (χ1n) is 8.33. The summed E-state index contributed by atoms with van der Waals surface area (Å²) < 4.78 is 5.14. The molecular formula is C20H19ClN4O2. The molecule has 1 heterocycles. The SMILES string of the molecule is COc1ccc(Nc2nc(C)cc(C(=O)NCc3ccccc3Cl)n2)cc1. The van der Waals surface area contributed by atoms with E-state index in [9.17, 15) is 4.79 Å². The van der Waals surface area contributed by atoms with E-state index in [1.165, 1.54) is 0 Å². The number of rotatable bonds is 6. The summed E-state index contributed by atoms with van der Waals surface area (Å²) in [6, 6.07) is 16.4. The number of methoxy groups -OCH3 is 1. The summed E-state index contributed by atoms with van der Waals surface area (Å²) in [6.07, 6.45) is 0. The number of carbonyl (C=O) groups is 1. The molecule has 1 amide bonds. The number of hydrogen-bond acceptors (Lipinski definition) is 5. The third-order valence-electron chi connectivity index (χ3n) is 3.83. The van der Waals surface area contributed by atoms with E-state index in [0.717, 1.165) is 17.0 Å². The Balaban J connectivity index is 1.72. The van der Waals surface area contributed by atoms with E-state index in [1.54, 1.807) is 19.2 Å². The fourth-order valence-electron chi connectivity index (χ4n) is 2.45. The Hall–Kier alpha value is -3.12. The monoisotopic (exact) mass is 382 g/mol.